The Bertz CT molecular complexity index is 783. The van der Waals surface area contributed by atoms with Gasteiger partial charge in [0, 0.05) is 38.3 Å². The number of hydrogen-bond donors (Lipinski definition) is 1. The highest BCUT2D eigenvalue weighted by atomic mass is 16.5. The molecule has 136 valence electrons. The number of pyridine rings is 1. The van der Waals surface area contributed by atoms with Crippen molar-refractivity contribution in [2.24, 2.45) is 0 Å². The number of rotatable bonds is 5. The van der Waals surface area contributed by atoms with Crippen molar-refractivity contribution in [3.05, 3.63) is 59.9 Å². The molecule has 1 aromatic carbocycles. The third kappa shape index (κ3) is 4.02. The summed E-state index contributed by atoms with van der Waals surface area (Å²) >= 11 is 0. The second-order valence-electron chi connectivity index (χ2n) is 6.63. The molecule has 1 aliphatic heterocycles. The van der Waals surface area contributed by atoms with Crippen molar-refractivity contribution in [3.63, 3.8) is 0 Å². The zero-order chi connectivity index (χ0) is 18.6. The van der Waals surface area contributed by atoms with Gasteiger partial charge < -0.3 is 14.7 Å². The van der Waals surface area contributed by atoms with Crippen LogP contribution in [0.5, 0.6) is 5.75 Å². The number of likely N-dealkylation sites (tertiary alicyclic amines) is 1. The van der Waals surface area contributed by atoms with Crippen molar-refractivity contribution in [2.45, 2.75) is 31.8 Å². The van der Waals surface area contributed by atoms with E-state index in [4.69, 9.17) is 4.74 Å². The summed E-state index contributed by atoms with van der Waals surface area (Å²) in [6.45, 7) is 2.66. The number of benzene rings is 1. The van der Waals surface area contributed by atoms with Crippen molar-refractivity contribution in [1.29, 1.82) is 0 Å². The maximum atomic E-state index is 12.5. The van der Waals surface area contributed by atoms with Gasteiger partial charge >= 0.3 is 5.97 Å². The highest BCUT2D eigenvalue weighted by Gasteiger charge is 2.44. The number of aryl methyl sites for hydroxylation is 1. The van der Waals surface area contributed by atoms with Crippen LogP contribution >= 0.6 is 0 Å². The summed E-state index contributed by atoms with van der Waals surface area (Å²) < 4.78 is 5.89. The normalized spacial score (nSPS) is 16.1. The molecule has 1 aliphatic rings. The van der Waals surface area contributed by atoms with E-state index in [2.05, 4.69) is 4.98 Å². The molecule has 2 heterocycles. The number of amides is 1. The van der Waals surface area contributed by atoms with Gasteiger partial charge in [0.15, 0.2) is 0 Å². The molecule has 1 saturated heterocycles. The number of hydrogen-bond acceptors (Lipinski definition) is 4. The van der Waals surface area contributed by atoms with Crippen molar-refractivity contribution < 1.29 is 19.4 Å². The number of piperidine rings is 1. The Balaban J connectivity index is 1.65. The van der Waals surface area contributed by atoms with Crippen LogP contribution in [0.1, 0.15) is 24.0 Å². The topological polar surface area (TPSA) is 79.7 Å². The molecule has 0 saturated carbocycles. The first-order valence-electron chi connectivity index (χ1n) is 8.64. The minimum atomic E-state index is -1.29. The number of aromatic nitrogens is 1. The van der Waals surface area contributed by atoms with Crippen LogP contribution in [0, 0.1) is 6.92 Å². The summed E-state index contributed by atoms with van der Waals surface area (Å²) in [5.41, 5.74) is 0.616. The molecule has 0 bridgehead atoms. The predicted octanol–water partition coefficient (Wildman–Crippen LogP) is 2.46. The largest absolute Gasteiger partial charge is 0.478 e. The summed E-state index contributed by atoms with van der Waals surface area (Å²) in [7, 11) is 0. The second-order valence-corrected chi connectivity index (χ2v) is 6.63. The first kappa shape index (κ1) is 17.9. The van der Waals surface area contributed by atoms with E-state index >= 15 is 0 Å². The van der Waals surface area contributed by atoms with E-state index in [9.17, 15) is 14.7 Å². The van der Waals surface area contributed by atoms with Crippen LogP contribution in [-0.2, 0) is 16.0 Å². The van der Waals surface area contributed by atoms with Gasteiger partial charge in [0.1, 0.15) is 5.75 Å². The molecular weight excluding hydrogens is 332 g/mol. The predicted molar refractivity (Wildman–Crippen MR) is 95.9 cm³/mol. The standard InChI is InChI=1S/C20H22N2O4/c1-15-3-2-4-17(13-15)26-20(19(24)25)7-11-22(12-8-20)18(23)14-16-5-9-21-10-6-16/h2-6,9-10,13H,7-8,11-12,14H2,1H3,(H,24,25). The zero-order valence-electron chi connectivity index (χ0n) is 14.7. The lowest BCUT2D eigenvalue weighted by Gasteiger charge is -2.39. The van der Waals surface area contributed by atoms with Gasteiger partial charge in [-0.1, -0.05) is 12.1 Å². The first-order chi connectivity index (χ1) is 12.5. The number of ether oxygens (including phenoxy) is 1. The van der Waals surface area contributed by atoms with E-state index in [1.165, 1.54) is 0 Å². The number of carbonyl (C=O) groups excluding carboxylic acids is 1. The Kier molecular flexibility index (Phi) is 5.21. The molecule has 26 heavy (non-hydrogen) atoms. The van der Waals surface area contributed by atoms with Crippen molar-refractivity contribution in [1.82, 2.24) is 9.88 Å². The van der Waals surface area contributed by atoms with Gasteiger partial charge in [0.05, 0.1) is 6.42 Å². The van der Waals surface area contributed by atoms with Crippen LogP contribution < -0.4 is 4.74 Å². The average Bonchev–Trinajstić information content (AvgIpc) is 2.63. The Hall–Kier alpha value is -2.89. The molecule has 1 N–H and O–H groups in total. The summed E-state index contributed by atoms with van der Waals surface area (Å²) in [5, 5.41) is 9.74. The molecule has 3 rings (SSSR count). The smallest absolute Gasteiger partial charge is 0.348 e. The number of nitrogens with zero attached hydrogens (tertiary/aromatic N) is 2. The van der Waals surface area contributed by atoms with Crippen molar-refractivity contribution in [2.75, 3.05) is 13.1 Å². The Labute approximate surface area is 152 Å². The lowest BCUT2D eigenvalue weighted by molar-refractivity contribution is -0.161. The molecule has 0 spiro atoms. The van der Waals surface area contributed by atoms with Gasteiger partial charge in [-0.15, -0.1) is 0 Å². The third-order valence-electron chi connectivity index (χ3n) is 4.72. The van der Waals surface area contributed by atoms with E-state index in [-0.39, 0.29) is 18.7 Å². The SMILES string of the molecule is Cc1cccc(OC2(C(=O)O)CCN(C(=O)Cc3ccncc3)CC2)c1. The molecule has 0 atom stereocenters. The van der Waals surface area contributed by atoms with Crippen molar-refractivity contribution in [3.8, 4) is 5.75 Å². The molecule has 0 unspecified atom stereocenters. The molecule has 1 fully saturated rings. The molecule has 1 amide bonds. The maximum Gasteiger partial charge on any atom is 0.348 e. The van der Waals surface area contributed by atoms with Crippen LogP contribution in [-0.4, -0.2) is 45.6 Å². The molecule has 6 heteroatoms. The van der Waals surface area contributed by atoms with E-state index in [0.717, 1.165) is 11.1 Å². The van der Waals surface area contributed by atoms with Gasteiger partial charge in [0.25, 0.3) is 0 Å². The fourth-order valence-corrected chi connectivity index (χ4v) is 3.17. The molecule has 1 aromatic heterocycles. The number of carboxylic acid groups (broad SMARTS) is 1. The van der Waals surface area contributed by atoms with Crippen LogP contribution in [0.25, 0.3) is 0 Å². The molecule has 0 radical (unpaired) electrons. The summed E-state index contributed by atoms with van der Waals surface area (Å²) in [6.07, 6.45) is 4.13. The van der Waals surface area contributed by atoms with E-state index in [1.54, 1.807) is 23.4 Å². The summed E-state index contributed by atoms with van der Waals surface area (Å²) in [4.78, 5) is 30.0. The highest BCUT2D eigenvalue weighted by Crippen LogP contribution is 2.30. The fourth-order valence-electron chi connectivity index (χ4n) is 3.17. The molecule has 6 nitrogen and oxygen atoms in total. The monoisotopic (exact) mass is 354 g/mol. The highest BCUT2D eigenvalue weighted by molar-refractivity contribution is 5.81. The second kappa shape index (κ2) is 7.56. The van der Waals surface area contributed by atoms with Crippen molar-refractivity contribution >= 4 is 11.9 Å². The van der Waals surface area contributed by atoms with Crippen LogP contribution in [0.2, 0.25) is 0 Å². The Morgan fingerprint density at radius 3 is 2.50 bits per heavy atom. The quantitative estimate of drug-likeness (QED) is 0.892. The van der Waals surface area contributed by atoms with Crippen LogP contribution in [0.15, 0.2) is 48.8 Å². The molecule has 0 aliphatic carbocycles. The van der Waals surface area contributed by atoms with E-state index < -0.39 is 11.6 Å². The van der Waals surface area contributed by atoms with Gasteiger partial charge in [-0.3, -0.25) is 9.78 Å². The lowest BCUT2D eigenvalue weighted by atomic mass is 9.90. The minimum Gasteiger partial charge on any atom is -0.478 e. The fraction of sp³-hybridized carbons (Fsp3) is 0.350. The van der Waals surface area contributed by atoms with Gasteiger partial charge in [0.2, 0.25) is 11.5 Å². The lowest BCUT2D eigenvalue weighted by Crippen LogP contribution is -2.54. The maximum absolute atomic E-state index is 12.5. The summed E-state index contributed by atoms with van der Waals surface area (Å²) in [5.74, 6) is -0.449. The Morgan fingerprint density at radius 1 is 1.19 bits per heavy atom. The minimum absolute atomic E-state index is 0.00857. The van der Waals surface area contributed by atoms with Gasteiger partial charge in [-0.05, 0) is 42.3 Å². The van der Waals surface area contributed by atoms with Crippen LogP contribution in [0.4, 0.5) is 0 Å². The van der Waals surface area contributed by atoms with E-state index in [0.29, 0.717) is 25.3 Å². The number of carbonyl (C=O) groups is 2. The number of carboxylic acids is 1. The average molecular weight is 354 g/mol. The molecular formula is C20H22N2O4. The summed E-state index contributed by atoms with van der Waals surface area (Å²) in [6, 6.07) is 11.0. The Morgan fingerprint density at radius 2 is 1.88 bits per heavy atom. The van der Waals surface area contributed by atoms with Crippen LogP contribution in [0.3, 0.4) is 0 Å². The molecule has 2 aromatic rings. The van der Waals surface area contributed by atoms with Gasteiger partial charge in [-0.2, -0.15) is 0 Å². The first-order valence-corrected chi connectivity index (χ1v) is 8.64. The van der Waals surface area contributed by atoms with E-state index in [1.807, 2.05) is 37.3 Å². The number of aliphatic carboxylic acids is 1. The van der Waals surface area contributed by atoms with Gasteiger partial charge in [-0.25, -0.2) is 4.79 Å². The third-order valence-corrected chi connectivity index (χ3v) is 4.72. The zero-order valence-corrected chi connectivity index (χ0v) is 14.7.